The number of ether oxygens (including phenoxy) is 5. The minimum absolute atomic E-state index is 0.0453. The van der Waals surface area contributed by atoms with Gasteiger partial charge in [-0.15, -0.1) is 0 Å². The lowest BCUT2D eigenvalue weighted by Gasteiger charge is -2.29. The first kappa shape index (κ1) is 27.6. The summed E-state index contributed by atoms with van der Waals surface area (Å²) in [5.41, 5.74) is 1.98. The third kappa shape index (κ3) is 9.25. The van der Waals surface area contributed by atoms with Gasteiger partial charge in [-0.05, 0) is 59.9 Å². The second kappa shape index (κ2) is 15.9. The highest BCUT2D eigenvalue weighted by Gasteiger charge is 2.13. The fraction of sp³-hybridized carbons (Fsp3) is 0.500. The summed E-state index contributed by atoms with van der Waals surface area (Å²) in [7, 11) is 1.63. The zero-order valence-electron chi connectivity index (χ0n) is 21.1. The van der Waals surface area contributed by atoms with Crippen molar-refractivity contribution in [3.63, 3.8) is 0 Å². The van der Waals surface area contributed by atoms with E-state index in [0.29, 0.717) is 39.6 Å². The Morgan fingerprint density at radius 1 is 0.861 bits per heavy atom. The zero-order chi connectivity index (χ0) is 25.4. The maximum Gasteiger partial charge on any atom is 0.348 e. The molecule has 1 fully saturated rings. The summed E-state index contributed by atoms with van der Waals surface area (Å²) in [5.74, 6) is -0.661. The molecule has 0 unspecified atom stereocenters. The summed E-state index contributed by atoms with van der Waals surface area (Å²) in [6.45, 7) is 5.39. The Hall–Kier alpha value is -2.96. The molecule has 36 heavy (non-hydrogen) atoms. The van der Waals surface area contributed by atoms with Crippen LogP contribution in [0.4, 0.5) is 5.69 Å². The number of methoxy groups -OCH3 is 1. The van der Waals surface area contributed by atoms with E-state index in [-0.39, 0.29) is 18.8 Å². The highest BCUT2D eigenvalue weighted by Crippen LogP contribution is 2.26. The number of fused-ring (bicyclic) bond motifs is 1. The molecule has 0 aliphatic carbocycles. The Labute approximate surface area is 213 Å². The van der Waals surface area contributed by atoms with Crippen molar-refractivity contribution in [3.05, 3.63) is 47.5 Å². The van der Waals surface area contributed by atoms with Gasteiger partial charge in [-0.25, -0.2) is 4.79 Å². The van der Waals surface area contributed by atoms with Crippen LogP contribution in [0.25, 0.3) is 16.8 Å². The minimum Gasteiger partial charge on any atom is -0.459 e. The molecule has 1 saturated heterocycles. The zero-order valence-corrected chi connectivity index (χ0v) is 21.1. The number of rotatable bonds is 15. The van der Waals surface area contributed by atoms with Gasteiger partial charge in [0.05, 0.1) is 46.2 Å². The van der Waals surface area contributed by atoms with Gasteiger partial charge in [0, 0.05) is 25.9 Å². The first-order valence-corrected chi connectivity index (χ1v) is 12.5. The van der Waals surface area contributed by atoms with E-state index in [0.717, 1.165) is 29.4 Å². The molecule has 0 saturated carbocycles. The summed E-state index contributed by atoms with van der Waals surface area (Å²) in [4.78, 5) is 14.8. The van der Waals surface area contributed by atoms with E-state index in [1.165, 1.54) is 24.9 Å². The molecule has 2 aromatic carbocycles. The molecule has 194 valence electrons. The molecule has 0 aromatic heterocycles. The van der Waals surface area contributed by atoms with Crippen LogP contribution in [0.1, 0.15) is 24.8 Å². The van der Waals surface area contributed by atoms with Crippen molar-refractivity contribution in [2.75, 3.05) is 78.0 Å². The molecule has 2 aromatic rings. The van der Waals surface area contributed by atoms with E-state index >= 15 is 0 Å². The quantitative estimate of drug-likeness (QED) is 0.158. The van der Waals surface area contributed by atoms with Gasteiger partial charge in [0.15, 0.2) is 0 Å². The monoisotopic (exact) mass is 496 g/mol. The third-order valence-electron chi connectivity index (χ3n) is 5.86. The number of nitriles is 1. The SMILES string of the molecule is COCCOCCOCCOCCOC(=O)/C(C#N)=C/c1ccc2cc(N3CCCCC3)ccc2c1. The minimum atomic E-state index is -0.661. The highest BCUT2D eigenvalue weighted by molar-refractivity contribution is 5.98. The second-order valence-electron chi connectivity index (χ2n) is 8.47. The summed E-state index contributed by atoms with van der Waals surface area (Å²) in [6, 6.07) is 14.3. The number of carbonyl (C=O) groups excluding carboxylic acids is 1. The first-order chi connectivity index (χ1) is 17.7. The Morgan fingerprint density at radius 2 is 1.47 bits per heavy atom. The van der Waals surface area contributed by atoms with Crippen molar-refractivity contribution in [2.45, 2.75) is 19.3 Å². The number of esters is 1. The lowest BCUT2D eigenvalue weighted by Crippen LogP contribution is -2.29. The molecule has 8 nitrogen and oxygen atoms in total. The Balaban J connectivity index is 1.40. The molecule has 0 N–H and O–H groups in total. The van der Waals surface area contributed by atoms with Gasteiger partial charge < -0.3 is 28.6 Å². The molecular weight excluding hydrogens is 460 g/mol. The van der Waals surface area contributed by atoms with Crippen molar-refractivity contribution >= 4 is 28.5 Å². The number of hydrogen-bond acceptors (Lipinski definition) is 8. The van der Waals surface area contributed by atoms with Crippen molar-refractivity contribution < 1.29 is 28.5 Å². The maximum atomic E-state index is 12.3. The lowest BCUT2D eigenvalue weighted by molar-refractivity contribution is -0.140. The van der Waals surface area contributed by atoms with Gasteiger partial charge in [0.1, 0.15) is 18.2 Å². The number of nitrogens with zero attached hydrogens (tertiary/aromatic N) is 2. The topological polar surface area (TPSA) is 90.2 Å². The van der Waals surface area contributed by atoms with E-state index in [4.69, 9.17) is 23.7 Å². The van der Waals surface area contributed by atoms with Gasteiger partial charge in [-0.2, -0.15) is 5.26 Å². The standard InChI is InChI=1S/C28H36N2O6/c1-32-11-12-33-13-14-34-15-16-35-17-18-36-28(31)26(22-29)20-23-5-6-25-21-27(8-7-24(25)19-23)30-9-3-2-4-10-30/h5-8,19-21H,2-4,9-18H2,1H3/b26-20+. The van der Waals surface area contributed by atoms with E-state index in [1.807, 2.05) is 24.3 Å². The molecule has 0 atom stereocenters. The summed E-state index contributed by atoms with van der Waals surface area (Å²) in [6.07, 6.45) is 5.34. The van der Waals surface area contributed by atoms with Crippen molar-refractivity contribution in [3.8, 4) is 6.07 Å². The van der Waals surface area contributed by atoms with Crippen LogP contribution in [0.3, 0.4) is 0 Å². The Kier molecular flexibility index (Phi) is 12.2. The molecule has 3 rings (SSSR count). The van der Waals surface area contributed by atoms with Crippen LogP contribution in [-0.4, -0.2) is 79.0 Å². The Bertz CT molecular complexity index is 1030. The third-order valence-corrected chi connectivity index (χ3v) is 5.86. The van der Waals surface area contributed by atoms with E-state index < -0.39 is 5.97 Å². The van der Waals surface area contributed by atoms with Crippen molar-refractivity contribution in [1.29, 1.82) is 5.26 Å². The summed E-state index contributed by atoms with van der Waals surface area (Å²) >= 11 is 0. The van der Waals surface area contributed by atoms with E-state index in [9.17, 15) is 10.1 Å². The molecule has 1 heterocycles. The molecule has 0 spiro atoms. The van der Waals surface area contributed by atoms with Crippen LogP contribution in [0.2, 0.25) is 0 Å². The van der Waals surface area contributed by atoms with Crippen LogP contribution >= 0.6 is 0 Å². The maximum absolute atomic E-state index is 12.3. The normalized spacial score (nSPS) is 14.1. The smallest absolute Gasteiger partial charge is 0.348 e. The van der Waals surface area contributed by atoms with Crippen LogP contribution in [0.5, 0.6) is 0 Å². The molecule has 0 amide bonds. The highest BCUT2D eigenvalue weighted by atomic mass is 16.6. The Morgan fingerprint density at radius 3 is 2.14 bits per heavy atom. The molecule has 0 radical (unpaired) electrons. The number of piperidine rings is 1. The predicted octanol–water partition coefficient (Wildman–Crippen LogP) is 3.98. The molecule has 1 aliphatic rings. The first-order valence-electron chi connectivity index (χ1n) is 12.5. The lowest BCUT2D eigenvalue weighted by atomic mass is 10.0. The largest absolute Gasteiger partial charge is 0.459 e. The van der Waals surface area contributed by atoms with Crippen LogP contribution in [0.15, 0.2) is 42.0 Å². The predicted molar refractivity (Wildman–Crippen MR) is 139 cm³/mol. The summed E-state index contributed by atoms with van der Waals surface area (Å²) in [5, 5.41) is 11.7. The average molecular weight is 497 g/mol. The van der Waals surface area contributed by atoms with Gasteiger partial charge in [0.2, 0.25) is 0 Å². The molecule has 8 heteroatoms. The van der Waals surface area contributed by atoms with Gasteiger partial charge in [-0.1, -0.05) is 18.2 Å². The second-order valence-corrected chi connectivity index (χ2v) is 8.47. The average Bonchev–Trinajstić information content (AvgIpc) is 2.92. The number of carbonyl (C=O) groups is 1. The molecule has 0 bridgehead atoms. The summed E-state index contributed by atoms with van der Waals surface area (Å²) < 4.78 is 26.1. The van der Waals surface area contributed by atoms with Gasteiger partial charge in [-0.3, -0.25) is 0 Å². The van der Waals surface area contributed by atoms with Crippen molar-refractivity contribution in [1.82, 2.24) is 0 Å². The fourth-order valence-corrected chi connectivity index (χ4v) is 3.95. The van der Waals surface area contributed by atoms with Gasteiger partial charge in [0.25, 0.3) is 0 Å². The van der Waals surface area contributed by atoms with Crippen LogP contribution in [0, 0.1) is 11.3 Å². The van der Waals surface area contributed by atoms with Crippen LogP contribution < -0.4 is 4.90 Å². The number of hydrogen-bond donors (Lipinski definition) is 0. The number of benzene rings is 2. The molecule has 1 aliphatic heterocycles. The number of anilines is 1. The van der Waals surface area contributed by atoms with Crippen LogP contribution in [-0.2, 0) is 28.5 Å². The molecular formula is C28H36N2O6. The fourth-order valence-electron chi connectivity index (χ4n) is 3.95. The van der Waals surface area contributed by atoms with Crippen molar-refractivity contribution in [2.24, 2.45) is 0 Å². The van der Waals surface area contributed by atoms with E-state index in [2.05, 4.69) is 23.1 Å². The van der Waals surface area contributed by atoms with E-state index in [1.54, 1.807) is 13.2 Å². The van der Waals surface area contributed by atoms with Gasteiger partial charge >= 0.3 is 5.97 Å².